The first-order chi connectivity index (χ1) is 43.0. The highest BCUT2D eigenvalue weighted by Crippen LogP contribution is 2.63. The normalized spacial score (nSPS) is 14.6. The molecule has 16 rings (SSSR count). The van der Waals surface area contributed by atoms with E-state index in [-0.39, 0.29) is 0 Å². The number of fused-ring (bicyclic) bond motifs is 10. The van der Waals surface area contributed by atoms with Gasteiger partial charge >= 0.3 is 0 Å². The molecule has 2 aliphatic heterocycles. The summed E-state index contributed by atoms with van der Waals surface area (Å²) in [6, 6.07) is 109. The average molecular weight is 1110 g/mol. The van der Waals surface area contributed by atoms with Gasteiger partial charge in [0.05, 0.1) is 16.8 Å². The lowest BCUT2D eigenvalue weighted by molar-refractivity contribution is 0.744. The summed E-state index contributed by atoms with van der Waals surface area (Å²) in [4.78, 5) is 22.5. The summed E-state index contributed by atoms with van der Waals surface area (Å²) < 4.78 is 0. The van der Waals surface area contributed by atoms with Crippen LogP contribution in [0.5, 0.6) is 0 Å². The van der Waals surface area contributed by atoms with Gasteiger partial charge < -0.3 is 5.32 Å². The Hall–Kier alpha value is -11.1. The van der Waals surface area contributed by atoms with E-state index < -0.39 is 11.6 Å². The van der Waals surface area contributed by atoms with Crippen LogP contribution in [0.2, 0.25) is 0 Å². The van der Waals surface area contributed by atoms with Crippen molar-refractivity contribution in [3.8, 4) is 66.8 Å². The maximum Gasteiger partial charge on any atom is 0.169 e. The molecule has 2 heterocycles. The van der Waals surface area contributed by atoms with Crippen molar-refractivity contribution >= 4 is 28.9 Å². The van der Waals surface area contributed by atoms with Crippen LogP contribution < -0.4 is 5.32 Å². The number of amidine groups is 3. The van der Waals surface area contributed by atoms with E-state index in [4.69, 9.17) is 20.0 Å². The summed E-state index contributed by atoms with van der Waals surface area (Å²) >= 11 is 0. The standard InChI is InChI=1S/C82H57N5/c1-53-46-76(62-34-18-30-58(47-62)54-22-6-2-7-23-54)83-78(64-35-19-31-59(48-64)55-24-8-3-9-25-55)84-77(53)63-42-44-70-71-45-43-67(52-75(71)82(74(70)51-63)72-40-16-14-38-68(72)69-39-15-17-41-73(69)82)81-86-79(65-36-20-32-60(49-65)56-26-10-4-11-27-56)85-80(87-81)66-37-21-33-61(50-66)57-28-12-5-13-29-57/h2-45,47-52,81H,46H2,1H3,(H,85,86,87). The van der Waals surface area contributed by atoms with Gasteiger partial charge in [0, 0.05) is 28.7 Å². The third-order valence-electron chi connectivity index (χ3n) is 17.7. The molecular formula is C82H57N5. The van der Waals surface area contributed by atoms with Gasteiger partial charge in [-0.3, -0.25) is 0 Å². The van der Waals surface area contributed by atoms with E-state index in [1.54, 1.807) is 0 Å². The van der Waals surface area contributed by atoms with E-state index in [9.17, 15) is 0 Å². The summed E-state index contributed by atoms with van der Waals surface area (Å²) in [5.41, 5.74) is 27.3. The van der Waals surface area contributed by atoms with Crippen molar-refractivity contribution in [3.63, 3.8) is 0 Å². The van der Waals surface area contributed by atoms with Gasteiger partial charge in [0.25, 0.3) is 0 Å². The monoisotopic (exact) mass is 1110 g/mol. The van der Waals surface area contributed by atoms with Crippen molar-refractivity contribution in [3.05, 3.63) is 365 Å². The fraction of sp³-hybridized carbons (Fsp3) is 0.0488. The lowest BCUT2D eigenvalue weighted by atomic mass is 9.70. The molecule has 0 amide bonds. The van der Waals surface area contributed by atoms with E-state index in [2.05, 4.69) is 316 Å². The number of hydrogen-bond acceptors (Lipinski definition) is 5. The minimum atomic E-state index is -0.681. The summed E-state index contributed by atoms with van der Waals surface area (Å²) in [6.07, 6.45) is 0.0465. The van der Waals surface area contributed by atoms with Gasteiger partial charge in [0.1, 0.15) is 11.7 Å². The average Bonchev–Trinajstić information content (AvgIpc) is 1.52. The van der Waals surface area contributed by atoms with E-state index >= 15 is 0 Å². The smallest absolute Gasteiger partial charge is 0.169 e. The van der Waals surface area contributed by atoms with Crippen LogP contribution in [0, 0.1) is 0 Å². The maximum atomic E-state index is 5.72. The number of allylic oxidation sites excluding steroid dienone is 1. The molecule has 5 heteroatoms. The SMILES string of the molecule is CC1=C(c2ccc3c(c2)C2(c4ccccc4-c4ccccc42)c2cc(C4N=C(c5cccc(-c6ccccc6)c5)NC(c5cccc(-c6ccccc6)c5)=N4)ccc2-3)N=C(c2cccc(-c3ccccc3)c2)N=C(c2cccc(-c3ccccc3)c2)C1. The molecule has 1 N–H and O–H groups in total. The number of nitrogens with one attached hydrogen (secondary N) is 1. The molecule has 0 unspecified atom stereocenters. The minimum Gasteiger partial charge on any atom is -0.324 e. The zero-order valence-corrected chi connectivity index (χ0v) is 47.9. The number of rotatable bonds is 10. The summed E-state index contributed by atoms with van der Waals surface area (Å²) in [5, 5.41) is 3.75. The molecular weight excluding hydrogens is 1050 g/mol. The minimum absolute atomic E-state index is 0.569. The van der Waals surface area contributed by atoms with Crippen LogP contribution in [0.1, 0.15) is 75.1 Å². The van der Waals surface area contributed by atoms with Crippen LogP contribution in [0.25, 0.3) is 72.5 Å². The van der Waals surface area contributed by atoms with Crippen molar-refractivity contribution in [2.75, 3.05) is 0 Å². The zero-order valence-electron chi connectivity index (χ0n) is 47.9. The van der Waals surface area contributed by atoms with Crippen molar-refractivity contribution in [1.82, 2.24) is 5.32 Å². The highest BCUT2D eigenvalue weighted by Gasteiger charge is 2.52. The van der Waals surface area contributed by atoms with E-state index in [0.717, 1.165) is 101 Å². The van der Waals surface area contributed by atoms with Gasteiger partial charge in [-0.25, -0.2) is 20.0 Å². The van der Waals surface area contributed by atoms with Crippen molar-refractivity contribution < 1.29 is 0 Å². The first-order valence-corrected chi connectivity index (χ1v) is 29.9. The molecule has 1 spiro atoms. The third-order valence-corrected chi connectivity index (χ3v) is 17.7. The molecule has 12 aromatic carbocycles. The molecule has 0 aromatic heterocycles. The fourth-order valence-corrected chi connectivity index (χ4v) is 13.6. The second kappa shape index (κ2) is 21.5. The Labute approximate surface area is 507 Å². The van der Waals surface area contributed by atoms with Crippen LogP contribution >= 0.6 is 0 Å². The van der Waals surface area contributed by atoms with Crippen LogP contribution in [0.15, 0.2) is 329 Å². The largest absolute Gasteiger partial charge is 0.324 e. The Bertz CT molecular complexity index is 4710. The second-order valence-corrected chi connectivity index (χ2v) is 22.9. The van der Waals surface area contributed by atoms with Gasteiger partial charge in [-0.1, -0.05) is 267 Å². The lowest BCUT2D eigenvalue weighted by Gasteiger charge is -2.31. The Morgan fingerprint density at radius 3 is 1.22 bits per heavy atom. The molecule has 0 bridgehead atoms. The first-order valence-electron chi connectivity index (χ1n) is 29.9. The van der Waals surface area contributed by atoms with Gasteiger partial charge in [0.15, 0.2) is 12.0 Å². The van der Waals surface area contributed by atoms with Gasteiger partial charge in [-0.2, -0.15) is 0 Å². The summed E-state index contributed by atoms with van der Waals surface area (Å²) in [5.74, 6) is 2.21. The molecule has 0 fully saturated rings. The molecule has 12 aromatic rings. The Morgan fingerprint density at radius 2 is 0.701 bits per heavy atom. The third kappa shape index (κ3) is 9.11. The van der Waals surface area contributed by atoms with E-state index in [1.807, 2.05) is 0 Å². The molecule has 87 heavy (non-hydrogen) atoms. The molecule has 0 radical (unpaired) electrons. The van der Waals surface area contributed by atoms with Crippen molar-refractivity contribution in [2.24, 2.45) is 20.0 Å². The number of nitrogens with zero attached hydrogens (tertiary/aromatic N) is 4. The van der Waals surface area contributed by atoms with Crippen molar-refractivity contribution in [2.45, 2.75) is 24.9 Å². The molecule has 5 nitrogen and oxygen atoms in total. The molecule has 0 atom stereocenters. The van der Waals surface area contributed by atoms with E-state index in [1.165, 1.54) is 50.1 Å². The molecule has 4 aliphatic rings. The van der Waals surface area contributed by atoms with Crippen LogP contribution in [0.3, 0.4) is 0 Å². The molecule has 0 saturated heterocycles. The van der Waals surface area contributed by atoms with Crippen LogP contribution in [-0.2, 0) is 5.41 Å². The van der Waals surface area contributed by atoms with Crippen LogP contribution in [-0.4, -0.2) is 23.2 Å². The summed E-state index contributed by atoms with van der Waals surface area (Å²) in [7, 11) is 0. The quantitative estimate of drug-likeness (QED) is 0.146. The molecule has 0 saturated carbocycles. The summed E-state index contributed by atoms with van der Waals surface area (Å²) in [6.45, 7) is 2.24. The second-order valence-electron chi connectivity index (χ2n) is 22.9. The van der Waals surface area contributed by atoms with Crippen LogP contribution in [0.4, 0.5) is 0 Å². The number of benzene rings is 12. The predicted octanol–water partition coefficient (Wildman–Crippen LogP) is 19.3. The number of aliphatic imine (C=N–C) groups is 4. The topological polar surface area (TPSA) is 61.5 Å². The highest BCUT2D eigenvalue weighted by molar-refractivity contribution is 6.17. The Balaban J connectivity index is 0.864. The van der Waals surface area contributed by atoms with Gasteiger partial charge in [0.2, 0.25) is 0 Å². The number of hydrogen-bond donors (Lipinski definition) is 1. The highest BCUT2D eigenvalue weighted by atomic mass is 15.2. The van der Waals surface area contributed by atoms with Crippen molar-refractivity contribution in [1.29, 1.82) is 0 Å². The van der Waals surface area contributed by atoms with Gasteiger partial charge in [-0.05, 0) is 149 Å². The zero-order chi connectivity index (χ0) is 57.8. The maximum absolute atomic E-state index is 5.72. The first kappa shape index (κ1) is 51.5. The molecule has 2 aliphatic carbocycles. The van der Waals surface area contributed by atoms with Gasteiger partial charge in [-0.15, -0.1) is 0 Å². The van der Waals surface area contributed by atoms with E-state index in [0.29, 0.717) is 12.3 Å². The Morgan fingerprint density at radius 1 is 0.310 bits per heavy atom. The lowest BCUT2D eigenvalue weighted by Crippen LogP contribution is -2.36. The Kier molecular flexibility index (Phi) is 12.7. The fourth-order valence-electron chi connectivity index (χ4n) is 13.6. The molecule has 410 valence electrons. The predicted molar refractivity (Wildman–Crippen MR) is 359 cm³/mol.